The molecule has 7 heteroatoms. The van der Waals surface area contributed by atoms with Crippen LogP contribution in [0.5, 0.6) is 0 Å². The van der Waals surface area contributed by atoms with Gasteiger partial charge in [0.2, 0.25) is 11.8 Å². The van der Waals surface area contributed by atoms with Gasteiger partial charge >= 0.3 is 0 Å². The summed E-state index contributed by atoms with van der Waals surface area (Å²) in [6, 6.07) is 11.5. The summed E-state index contributed by atoms with van der Waals surface area (Å²) in [6.07, 6.45) is 1.68. The number of aryl methyl sites for hydroxylation is 1. The van der Waals surface area contributed by atoms with Gasteiger partial charge in [-0.3, -0.25) is 14.5 Å². The third-order valence-electron chi connectivity index (χ3n) is 4.79. The number of carbonyl (C=O) groups is 2. The molecule has 28 heavy (non-hydrogen) atoms. The van der Waals surface area contributed by atoms with E-state index in [0.29, 0.717) is 13.1 Å². The second-order valence-electron chi connectivity index (χ2n) is 7.05. The number of amides is 2. The Hall–Kier alpha value is -2.25. The molecule has 0 spiro atoms. The van der Waals surface area contributed by atoms with E-state index in [1.165, 1.54) is 11.8 Å². The monoisotopic (exact) mass is 401 g/mol. The first-order chi connectivity index (χ1) is 13.5. The Labute approximate surface area is 170 Å². The van der Waals surface area contributed by atoms with Crippen LogP contribution in [0.1, 0.15) is 18.2 Å². The maximum Gasteiger partial charge on any atom is 0.235 e. The van der Waals surface area contributed by atoms with Gasteiger partial charge < -0.3 is 14.6 Å². The van der Waals surface area contributed by atoms with Crippen LogP contribution in [0.3, 0.4) is 0 Å². The molecule has 3 rings (SSSR count). The van der Waals surface area contributed by atoms with Gasteiger partial charge in [-0.1, -0.05) is 17.7 Å². The number of carbonyl (C=O) groups excluding carboxylic acids is 2. The van der Waals surface area contributed by atoms with Crippen molar-refractivity contribution in [3.63, 3.8) is 0 Å². The molecule has 0 saturated carbocycles. The molecule has 1 aromatic heterocycles. The lowest BCUT2D eigenvalue weighted by Crippen LogP contribution is -2.50. The molecule has 150 valence electrons. The molecule has 1 aliphatic heterocycles. The second-order valence-corrected chi connectivity index (χ2v) is 8.38. The number of nitrogens with one attached hydrogen (secondary N) is 1. The van der Waals surface area contributed by atoms with Gasteiger partial charge in [-0.05, 0) is 38.1 Å². The predicted molar refractivity (Wildman–Crippen MR) is 112 cm³/mol. The number of hydrogen-bond donors (Lipinski definition) is 1. The Morgan fingerprint density at radius 1 is 1.14 bits per heavy atom. The first kappa shape index (κ1) is 20.5. The first-order valence-corrected chi connectivity index (χ1v) is 10.6. The van der Waals surface area contributed by atoms with Crippen molar-refractivity contribution in [1.82, 2.24) is 9.80 Å². The van der Waals surface area contributed by atoms with Crippen LogP contribution in [0.2, 0.25) is 0 Å². The number of hydrogen-bond acceptors (Lipinski definition) is 5. The molecule has 1 atom stereocenters. The van der Waals surface area contributed by atoms with Gasteiger partial charge in [-0.25, -0.2) is 0 Å². The molecule has 2 amide bonds. The smallest absolute Gasteiger partial charge is 0.235 e. The fourth-order valence-corrected chi connectivity index (χ4v) is 3.88. The first-order valence-electron chi connectivity index (χ1n) is 9.53. The lowest BCUT2D eigenvalue weighted by molar-refractivity contribution is -0.132. The van der Waals surface area contributed by atoms with E-state index >= 15 is 0 Å². The van der Waals surface area contributed by atoms with E-state index < -0.39 is 0 Å². The van der Waals surface area contributed by atoms with Gasteiger partial charge in [-0.2, -0.15) is 0 Å². The Morgan fingerprint density at radius 3 is 2.50 bits per heavy atom. The second kappa shape index (κ2) is 9.80. The normalized spacial score (nSPS) is 16.0. The van der Waals surface area contributed by atoms with E-state index in [0.717, 1.165) is 36.6 Å². The van der Waals surface area contributed by atoms with Crippen LogP contribution in [0.25, 0.3) is 0 Å². The van der Waals surface area contributed by atoms with Crippen molar-refractivity contribution in [2.75, 3.05) is 37.2 Å². The van der Waals surface area contributed by atoms with Crippen LogP contribution in [0, 0.1) is 6.92 Å². The van der Waals surface area contributed by atoms with E-state index in [4.69, 9.17) is 4.42 Å². The van der Waals surface area contributed by atoms with Gasteiger partial charge in [-0.15, -0.1) is 11.8 Å². The molecule has 1 unspecified atom stereocenters. The minimum absolute atomic E-state index is 0.0863. The highest BCUT2D eigenvalue weighted by atomic mass is 32.2. The van der Waals surface area contributed by atoms with Crippen LogP contribution >= 0.6 is 11.8 Å². The van der Waals surface area contributed by atoms with Crippen molar-refractivity contribution in [3.05, 3.63) is 54.0 Å². The van der Waals surface area contributed by atoms with Crippen LogP contribution in [-0.4, -0.2) is 58.8 Å². The Kier molecular flexibility index (Phi) is 7.17. The van der Waals surface area contributed by atoms with Gasteiger partial charge in [0.1, 0.15) is 5.76 Å². The highest BCUT2D eigenvalue weighted by Crippen LogP contribution is 2.17. The quantitative estimate of drug-likeness (QED) is 0.773. The zero-order valence-electron chi connectivity index (χ0n) is 16.4. The molecule has 1 saturated heterocycles. The van der Waals surface area contributed by atoms with Crippen LogP contribution in [0.15, 0.2) is 47.1 Å². The van der Waals surface area contributed by atoms with E-state index in [2.05, 4.69) is 10.2 Å². The van der Waals surface area contributed by atoms with Crippen molar-refractivity contribution in [1.29, 1.82) is 0 Å². The third kappa shape index (κ3) is 5.87. The van der Waals surface area contributed by atoms with Crippen molar-refractivity contribution < 1.29 is 14.0 Å². The van der Waals surface area contributed by atoms with E-state index in [1.807, 2.05) is 55.1 Å². The summed E-state index contributed by atoms with van der Waals surface area (Å²) < 4.78 is 5.39. The molecule has 0 bridgehead atoms. The summed E-state index contributed by atoms with van der Waals surface area (Å²) in [7, 11) is 0. The molecule has 0 radical (unpaired) electrons. The summed E-state index contributed by atoms with van der Waals surface area (Å²) in [5.41, 5.74) is 1.93. The van der Waals surface area contributed by atoms with E-state index in [9.17, 15) is 9.59 Å². The fourth-order valence-electron chi connectivity index (χ4n) is 3.11. The average Bonchev–Trinajstić information content (AvgIpc) is 3.21. The largest absolute Gasteiger partial charge is 0.468 e. The molecule has 1 N–H and O–H groups in total. The number of furan rings is 1. The lowest BCUT2D eigenvalue weighted by Gasteiger charge is -2.35. The SMILES string of the molecule is Cc1ccc(NC(=O)CSC(C)C(=O)N2CCN(Cc3ccco3)CC2)cc1. The zero-order chi connectivity index (χ0) is 19.9. The average molecular weight is 402 g/mol. The Balaban J connectivity index is 1.38. The van der Waals surface area contributed by atoms with Crippen molar-refractivity contribution in [3.8, 4) is 0 Å². The summed E-state index contributed by atoms with van der Waals surface area (Å²) in [6.45, 7) is 7.74. The van der Waals surface area contributed by atoms with E-state index in [-0.39, 0.29) is 22.8 Å². The maximum absolute atomic E-state index is 12.7. The third-order valence-corrected chi connectivity index (χ3v) is 5.92. The number of thioether (sulfide) groups is 1. The standard InChI is InChI=1S/C21H27N3O3S/c1-16-5-7-18(8-6-16)22-20(25)15-28-17(2)21(26)24-11-9-23(10-12-24)14-19-4-3-13-27-19/h3-8,13,17H,9-12,14-15H2,1-2H3,(H,22,25). The molecular formula is C21H27N3O3S. The minimum atomic E-state index is -0.236. The number of piperazine rings is 1. The number of rotatable bonds is 7. The molecule has 6 nitrogen and oxygen atoms in total. The van der Waals surface area contributed by atoms with Crippen LogP contribution in [-0.2, 0) is 16.1 Å². The highest BCUT2D eigenvalue weighted by molar-refractivity contribution is 8.01. The lowest BCUT2D eigenvalue weighted by atomic mass is 10.2. The molecule has 1 fully saturated rings. The van der Waals surface area contributed by atoms with Crippen molar-refractivity contribution in [2.45, 2.75) is 25.6 Å². The number of benzene rings is 1. The Morgan fingerprint density at radius 2 is 1.86 bits per heavy atom. The summed E-state index contributed by atoms with van der Waals surface area (Å²) in [4.78, 5) is 29.0. The van der Waals surface area contributed by atoms with Gasteiger partial charge in [0.05, 0.1) is 23.8 Å². The van der Waals surface area contributed by atoms with Gasteiger partial charge in [0, 0.05) is 31.9 Å². The fraction of sp³-hybridized carbons (Fsp3) is 0.429. The molecule has 1 aliphatic rings. The van der Waals surface area contributed by atoms with Crippen molar-refractivity contribution >= 4 is 29.3 Å². The molecule has 2 aromatic rings. The molecular weight excluding hydrogens is 374 g/mol. The zero-order valence-corrected chi connectivity index (χ0v) is 17.2. The summed E-state index contributed by atoms with van der Waals surface area (Å²) >= 11 is 1.38. The van der Waals surface area contributed by atoms with Crippen molar-refractivity contribution in [2.24, 2.45) is 0 Å². The number of nitrogens with zero attached hydrogens (tertiary/aromatic N) is 2. The highest BCUT2D eigenvalue weighted by Gasteiger charge is 2.25. The molecule has 2 heterocycles. The van der Waals surface area contributed by atoms with Crippen LogP contribution < -0.4 is 5.32 Å². The van der Waals surface area contributed by atoms with Crippen LogP contribution in [0.4, 0.5) is 5.69 Å². The predicted octanol–water partition coefficient (Wildman–Crippen LogP) is 2.99. The maximum atomic E-state index is 12.7. The molecule has 0 aliphatic carbocycles. The van der Waals surface area contributed by atoms with Gasteiger partial charge in [0.25, 0.3) is 0 Å². The topological polar surface area (TPSA) is 65.8 Å². The van der Waals surface area contributed by atoms with E-state index in [1.54, 1.807) is 6.26 Å². The van der Waals surface area contributed by atoms with Gasteiger partial charge in [0.15, 0.2) is 0 Å². The minimum Gasteiger partial charge on any atom is -0.468 e. The Bertz CT molecular complexity index is 769. The summed E-state index contributed by atoms with van der Waals surface area (Å²) in [5, 5.41) is 2.63. The summed E-state index contributed by atoms with van der Waals surface area (Å²) in [5.74, 6) is 1.23. The number of anilines is 1. The molecule has 1 aromatic carbocycles.